The van der Waals surface area contributed by atoms with Gasteiger partial charge in [-0.1, -0.05) is 12.8 Å². The number of hydrogen-bond acceptors (Lipinski definition) is 1. The molecule has 0 bridgehead atoms. The van der Waals surface area contributed by atoms with E-state index in [0.717, 1.165) is 12.8 Å². The highest BCUT2D eigenvalue weighted by molar-refractivity contribution is 5.10. The van der Waals surface area contributed by atoms with Crippen LogP contribution in [0, 0.1) is 12.3 Å². The van der Waals surface area contributed by atoms with Gasteiger partial charge in [0.05, 0.1) is 0 Å². The van der Waals surface area contributed by atoms with Crippen LogP contribution >= 0.6 is 0 Å². The maximum Gasteiger partial charge on any atom is 0.405 e. The second-order valence-electron chi connectivity index (χ2n) is 3.83. The number of alkyl halides is 6. The molecule has 0 saturated heterocycles. The molecule has 0 aromatic carbocycles. The van der Waals surface area contributed by atoms with E-state index in [1.54, 1.807) is 0 Å². The van der Waals surface area contributed by atoms with Gasteiger partial charge in [0.25, 0.3) is 5.67 Å². The zero-order valence-electron chi connectivity index (χ0n) is 9.46. The van der Waals surface area contributed by atoms with Crippen molar-refractivity contribution in [3.05, 3.63) is 0 Å². The van der Waals surface area contributed by atoms with Crippen molar-refractivity contribution in [2.75, 3.05) is 0 Å². The van der Waals surface area contributed by atoms with Crippen LogP contribution in [0.1, 0.15) is 27.2 Å². The predicted molar refractivity (Wildman–Crippen MR) is 49.1 cm³/mol. The summed E-state index contributed by atoms with van der Waals surface area (Å²) in [5.74, 6) is 0.976. The molecule has 0 saturated carbocycles. The SMILES string of the molecule is C#CC(C)(F)C(F)(F)OC(F)(F)C(C)(F)CC. The molecule has 0 N–H and O–H groups in total. The molecule has 0 aliphatic carbocycles. The first-order valence-corrected chi connectivity index (χ1v) is 4.64. The van der Waals surface area contributed by atoms with Gasteiger partial charge < -0.3 is 0 Å². The maximum atomic E-state index is 13.2. The molecule has 0 rings (SSSR count). The third-order valence-corrected chi connectivity index (χ3v) is 2.34. The lowest BCUT2D eigenvalue weighted by atomic mass is 10.0. The Bertz CT molecular complexity index is 315. The highest BCUT2D eigenvalue weighted by atomic mass is 19.3. The third kappa shape index (κ3) is 3.06. The molecule has 0 aliphatic heterocycles. The molecule has 2 unspecified atom stereocenters. The highest BCUT2D eigenvalue weighted by Crippen LogP contribution is 2.44. The number of ether oxygens (including phenoxy) is 1. The van der Waals surface area contributed by atoms with E-state index in [2.05, 4.69) is 11.2 Å². The largest absolute Gasteiger partial charge is 0.405 e. The van der Waals surface area contributed by atoms with Gasteiger partial charge in [-0.15, -0.1) is 6.42 Å². The van der Waals surface area contributed by atoms with Crippen LogP contribution in [0.4, 0.5) is 26.3 Å². The Hall–Kier alpha value is -0.900. The maximum absolute atomic E-state index is 13.2. The van der Waals surface area contributed by atoms with Crippen LogP contribution in [-0.4, -0.2) is 23.6 Å². The molecule has 100 valence electrons. The average molecular weight is 262 g/mol. The van der Waals surface area contributed by atoms with Gasteiger partial charge in [-0.2, -0.15) is 17.6 Å². The van der Waals surface area contributed by atoms with Crippen LogP contribution in [-0.2, 0) is 4.74 Å². The molecule has 7 heteroatoms. The molecule has 1 nitrogen and oxygen atoms in total. The minimum absolute atomic E-state index is 0.185. The van der Waals surface area contributed by atoms with Crippen LogP contribution in [0.15, 0.2) is 0 Å². The Morgan fingerprint density at radius 3 is 1.71 bits per heavy atom. The number of terminal acetylenes is 1. The Balaban J connectivity index is 5.16. The molecule has 0 spiro atoms. The van der Waals surface area contributed by atoms with Crippen LogP contribution in [0.25, 0.3) is 0 Å². The van der Waals surface area contributed by atoms with Crippen LogP contribution in [0.3, 0.4) is 0 Å². The summed E-state index contributed by atoms with van der Waals surface area (Å²) < 4.78 is 81.3. The average Bonchev–Trinajstić information content (AvgIpc) is 2.15. The minimum Gasteiger partial charge on any atom is -0.249 e. The molecule has 0 aromatic heterocycles. The van der Waals surface area contributed by atoms with Crippen molar-refractivity contribution in [3.8, 4) is 12.3 Å². The topological polar surface area (TPSA) is 9.23 Å². The monoisotopic (exact) mass is 262 g/mol. The first-order valence-electron chi connectivity index (χ1n) is 4.64. The summed E-state index contributed by atoms with van der Waals surface area (Å²) in [7, 11) is 0. The fourth-order valence-electron chi connectivity index (χ4n) is 0.653. The quantitative estimate of drug-likeness (QED) is 0.542. The van der Waals surface area contributed by atoms with Gasteiger partial charge >= 0.3 is 12.2 Å². The summed E-state index contributed by atoms with van der Waals surface area (Å²) in [5, 5.41) is 0. The summed E-state index contributed by atoms with van der Waals surface area (Å²) in [4.78, 5) is 0. The highest BCUT2D eigenvalue weighted by Gasteiger charge is 2.63. The van der Waals surface area contributed by atoms with Gasteiger partial charge in [0.15, 0.2) is 5.67 Å². The molecule has 0 fully saturated rings. The van der Waals surface area contributed by atoms with E-state index >= 15 is 0 Å². The third-order valence-electron chi connectivity index (χ3n) is 2.34. The fraction of sp³-hybridized carbons (Fsp3) is 0.800. The molecule has 0 aliphatic rings. The Morgan fingerprint density at radius 2 is 1.41 bits per heavy atom. The summed E-state index contributed by atoms with van der Waals surface area (Å²) in [6.45, 7) is 1.56. The standard InChI is InChI=1S/C10H12F6O/c1-5-7(3,11)9(13,14)17-10(15,16)8(4,12)6-2/h1H,6H2,2-4H3. The van der Waals surface area contributed by atoms with E-state index in [0.29, 0.717) is 6.92 Å². The summed E-state index contributed by atoms with van der Waals surface area (Å²) in [6, 6.07) is 0. The lowest BCUT2D eigenvalue weighted by Gasteiger charge is -2.34. The summed E-state index contributed by atoms with van der Waals surface area (Å²) in [6.07, 6.45) is -6.24. The summed E-state index contributed by atoms with van der Waals surface area (Å²) >= 11 is 0. The van der Waals surface area contributed by atoms with Gasteiger partial charge in [-0.3, -0.25) is 0 Å². The minimum atomic E-state index is -5.01. The van der Waals surface area contributed by atoms with E-state index in [-0.39, 0.29) is 6.92 Å². The number of rotatable bonds is 5. The second-order valence-corrected chi connectivity index (χ2v) is 3.83. The van der Waals surface area contributed by atoms with Crippen molar-refractivity contribution in [1.82, 2.24) is 0 Å². The van der Waals surface area contributed by atoms with Crippen molar-refractivity contribution in [1.29, 1.82) is 0 Å². The van der Waals surface area contributed by atoms with Gasteiger partial charge in [-0.25, -0.2) is 13.5 Å². The first kappa shape index (κ1) is 16.1. The number of halogens is 6. The lowest BCUT2D eigenvalue weighted by molar-refractivity contribution is -0.428. The molecule has 0 radical (unpaired) electrons. The summed E-state index contributed by atoms with van der Waals surface area (Å²) in [5.41, 5.74) is -7.12. The molecule has 0 heterocycles. The molecular weight excluding hydrogens is 250 g/mol. The first-order chi connectivity index (χ1) is 7.33. The van der Waals surface area contributed by atoms with Gasteiger partial charge in [0.1, 0.15) is 0 Å². The van der Waals surface area contributed by atoms with Crippen LogP contribution in [0.5, 0.6) is 0 Å². The van der Waals surface area contributed by atoms with Crippen molar-refractivity contribution < 1.29 is 31.1 Å². The Morgan fingerprint density at radius 1 is 1.00 bits per heavy atom. The molecule has 2 atom stereocenters. The number of hydrogen-bond donors (Lipinski definition) is 0. The zero-order valence-corrected chi connectivity index (χ0v) is 9.46. The molecular formula is C10H12F6O. The van der Waals surface area contributed by atoms with Crippen molar-refractivity contribution in [3.63, 3.8) is 0 Å². The van der Waals surface area contributed by atoms with Crippen LogP contribution in [0.2, 0.25) is 0 Å². The van der Waals surface area contributed by atoms with Crippen LogP contribution < -0.4 is 0 Å². The molecule has 0 amide bonds. The smallest absolute Gasteiger partial charge is 0.249 e. The van der Waals surface area contributed by atoms with Crippen molar-refractivity contribution in [2.24, 2.45) is 0 Å². The van der Waals surface area contributed by atoms with E-state index in [9.17, 15) is 26.3 Å². The van der Waals surface area contributed by atoms with E-state index in [1.165, 1.54) is 0 Å². The molecule has 17 heavy (non-hydrogen) atoms. The zero-order chi connectivity index (χ0) is 14.1. The molecule has 0 aromatic rings. The lowest BCUT2D eigenvalue weighted by Crippen LogP contribution is -2.53. The predicted octanol–water partition coefficient (Wildman–Crippen LogP) is 3.69. The van der Waals surface area contributed by atoms with Gasteiger partial charge in [0, 0.05) is 0 Å². The van der Waals surface area contributed by atoms with E-state index < -0.39 is 30.0 Å². The fourth-order valence-corrected chi connectivity index (χ4v) is 0.653. The van der Waals surface area contributed by atoms with Gasteiger partial charge in [-0.05, 0) is 20.3 Å². The van der Waals surface area contributed by atoms with Crippen molar-refractivity contribution >= 4 is 0 Å². The van der Waals surface area contributed by atoms with E-state index in [4.69, 9.17) is 0 Å². The Kier molecular flexibility index (Phi) is 4.17. The normalized spacial score (nSPS) is 20.2. The van der Waals surface area contributed by atoms with E-state index in [1.807, 2.05) is 0 Å². The Labute approximate surface area is 95.1 Å². The van der Waals surface area contributed by atoms with Crippen molar-refractivity contribution in [2.45, 2.75) is 50.7 Å². The second kappa shape index (κ2) is 4.41. The van der Waals surface area contributed by atoms with Gasteiger partial charge in [0.2, 0.25) is 0 Å².